The molecule has 23 heavy (non-hydrogen) atoms. The first-order valence-corrected chi connectivity index (χ1v) is 8.34. The van der Waals surface area contributed by atoms with Crippen LogP contribution in [0.25, 0.3) is 0 Å². The molecule has 0 spiro atoms. The van der Waals surface area contributed by atoms with Crippen molar-refractivity contribution in [2.45, 2.75) is 39.3 Å². The van der Waals surface area contributed by atoms with Crippen molar-refractivity contribution in [1.29, 1.82) is 0 Å². The summed E-state index contributed by atoms with van der Waals surface area (Å²) in [4.78, 5) is 28.0. The van der Waals surface area contributed by atoms with Gasteiger partial charge in [0.2, 0.25) is 11.8 Å². The molecule has 5 nitrogen and oxygen atoms in total. The van der Waals surface area contributed by atoms with Gasteiger partial charge in [0.05, 0.1) is 12.1 Å². The molecule has 1 saturated heterocycles. The Morgan fingerprint density at radius 3 is 2.39 bits per heavy atom. The number of carbonyl (C=O) groups is 2. The maximum Gasteiger partial charge on any atom is 0.237 e. The molecule has 1 fully saturated rings. The second-order valence-electron chi connectivity index (χ2n) is 6.21. The van der Waals surface area contributed by atoms with Crippen molar-refractivity contribution in [2.75, 3.05) is 26.2 Å². The topological polar surface area (TPSA) is 52.7 Å². The number of amides is 2. The Morgan fingerprint density at radius 2 is 1.74 bits per heavy atom. The van der Waals surface area contributed by atoms with Crippen LogP contribution in [0, 0.1) is 0 Å². The van der Waals surface area contributed by atoms with Crippen molar-refractivity contribution >= 4 is 11.8 Å². The van der Waals surface area contributed by atoms with E-state index in [1.54, 1.807) is 6.92 Å². The second-order valence-corrected chi connectivity index (χ2v) is 6.21. The van der Waals surface area contributed by atoms with Gasteiger partial charge in [-0.25, -0.2) is 0 Å². The summed E-state index contributed by atoms with van der Waals surface area (Å²) in [6, 6.07) is 9.77. The van der Waals surface area contributed by atoms with Gasteiger partial charge in [-0.2, -0.15) is 0 Å². The number of hydrogen-bond donors (Lipinski definition) is 1. The van der Waals surface area contributed by atoms with E-state index in [1.165, 1.54) is 0 Å². The normalized spacial score (nSPS) is 18.8. The number of carbonyl (C=O) groups excluding carboxylic acids is 2. The van der Waals surface area contributed by atoms with Gasteiger partial charge in [0, 0.05) is 33.1 Å². The zero-order chi connectivity index (χ0) is 16.8. The van der Waals surface area contributed by atoms with Crippen LogP contribution in [0.5, 0.6) is 0 Å². The highest BCUT2D eigenvalue weighted by Crippen LogP contribution is 2.13. The smallest absolute Gasteiger partial charge is 0.237 e. The van der Waals surface area contributed by atoms with Crippen LogP contribution >= 0.6 is 0 Å². The fourth-order valence-corrected chi connectivity index (χ4v) is 2.96. The zero-order valence-corrected chi connectivity index (χ0v) is 14.3. The molecule has 1 aliphatic rings. The molecule has 1 aromatic carbocycles. The fraction of sp³-hybridized carbons (Fsp3) is 0.556. The molecule has 1 aliphatic heterocycles. The largest absolute Gasteiger partial charge is 0.348 e. The van der Waals surface area contributed by atoms with Gasteiger partial charge >= 0.3 is 0 Å². The summed E-state index contributed by atoms with van der Waals surface area (Å²) in [5, 5.41) is 3.09. The van der Waals surface area contributed by atoms with E-state index in [-0.39, 0.29) is 23.9 Å². The minimum Gasteiger partial charge on any atom is -0.348 e. The lowest BCUT2D eigenvalue weighted by Gasteiger charge is -2.28. The minimum atomic E-state index is -0.187. The van der Waals surface area contributed by atoms with E-state index in [4.69, 9.17) is 0 Å². The van der Waals surface area contributed by atoms with Crippen LogP contribution in [0.15, 0.2) is 30.3 Å². The average molecular weight is 317 g/mol. The Hall–Kier alpha value is -1.88. The number of rotatable bonds is 4. The lowest BCUT2D eigenvalue weighted by Crippen LogP contribution is -2.47. The van der Waals surface area contributed by atoms with Crippen LogP contribution < -0.4 is 5.32 Å². The lowest BCUT2D eigenvalue weighted by atomic mass is 10.1. The van der Waals surface area contributed by atoms with Crippen molar-refractivity contribution in [3.05, 3.63) is 35.9 Å². The van der Waals surface area contributed by atoms with Crippen molar-refractivity contribution in [3.63, 3.8) is 0 Å². The van der Waals surface area contributed by atoms with Crippen molar-refractivity contribution in [1.82, 2.24) is 15.1 Å². The van der Waals surface area contributed by atoms with Gasteiger partial charge in [-0.3, -0.25) is 14.5 Å². The molecule has 2 unspecified atom stereocenters. The van der Waals surface area contributed by atoms with E-state index in [2.05, 4.69) is 10.2 Å². The Labute approximate surface area is 138 Å². The monoisotopic (exact) mass is 317 g/mol. The van der Waals surface area contributed by atoms with Crippen molar-refractivity contribution in [3.8, 4) is 0 Å². The molecule has 1 heterocycles. The first-order chi connectivity index (χ1) is 11.0. The summed E-state index contributed by atoms with van der Waals surface area (Å²) in [6.07, 6.45) is 0.908. The molecule has 2 amide bonds. The maximum absolute atomic E-state index is 12.5. The van der Waals surface area contributed by atoms with Gasteiger partial charge in [-0.05, 0) is 25.8 Å². The molecule has 126 valence electrons. The predicted molar refractivity (Wildman–Crippen MR) is 90.9 cm³/mol. The Kier molecular flexibility index (Phi) is 6.16. The van der Waals surface area contributed by atoms with Crippen molar-refractivity contribution < 1.29 is 9.59 Å². The number of benzene rings is 1. The third-order valence-corrected chi connectivity index (χ3v) is 4.56. The Balaban J connectivity index is 1.90. The van der Waals surface area contributed by atoms with Crippen LogP contribution in [0.4, 0.5) is 0 Å². The summed E-state index contributed by atoms with van der Waals surface area (Å²) >= 11 is 0. The summed E-state index contributed by atoms with van der Waals surface area (Å²) in [7, 11) is 0. The number of hydrogen-bond acceptors (Lipinski definition) is 3. The van der Waals surface area contributed by atoms with E-state index in [0.29, 0.717) is 6.54 Å². The van der Waals surface area contributed by atoms with Gasteiger partial charge in [-0.1, -0.05) is 30.3 Å². The highest BCUT2D eigenvalue weighted by atomic mass is 16.2. The van der Waals surface area contributed by atoms with Crippen LogP contribution in [-0.4, -0.2) is 53.8 Å². The third kappa shape index (κ3) is 4.79. The minimum absolute atomic E-state index is 0.00755. The van der Waals surface area contributed by atoms with Gasteiger partial charge in [0.1, 0.15) is 0 Å². The quantitative estimate of drug-likeness (QED) is 0.921. The second kappa shape index (κ2) is 8.11. The average Bonchev–Trinajstić information content (AvgIpc) is 2.81. The third-order valence-electron chi connectivity index (χ3n) is 4.56. The van der Waals surface area contributed by atoms with E-state index in [0.717, 1.165) is 31.6 Å². The SMILES string of the molecule is CC(=O)N1CCCN(C(C)C(=O)NC(C)c2ccccc2)CC1. The van der Waals surface area contributed by atoms with Gasteiger partial charge < -0.3 is 10.2 Å². The van der Waals surface area contributed by atoms with E-state index >= 15 is 0 Å². The molecule has 1 aromatic rings. The molecule has 0 radical (unpaired) electrons. The predicted octanol–water partition coefficient (Wildman–Crippen LogP) is 1.81. The zero-order valence-electron chi connectivity index (χ0n) is 14.3. The molecule has 0 aromatic heterocycles. The summed E-state index contributed by atoms with van der Waals surface area (Å²) < 4.78 is 0. The van der Waals surface area contributed by atoms with Gasteiger partial charge in [0.25, 0.3) is 0 Å². The van der Waals surface area contributed by atoms with Crippen molar-refractivity contribution in [2.24, 2.45) is 0 Å². The number of nitrogens with one attached hydrogen (secondary N) is 1. The molecule has 2 rings (SSSR count). The molecule has 5 heteroatoms. The molecular weight excluding hydrogens is 290 g/mol. The molecule has 0 saturated carbocycles. The molecule has 1 N–H and O–H groups in total. The fourth-order valence-electron chi connectivity index (χ4n) is 2.96. The molecule has 0 aliphatic carbocycles. The maximum atomic E-state index is 12.5. The van der Waals surface area contributed by atoms with Crippen LogP contribution in [0.3, 0.4) is 0 Å². The molecule has 0 bridgehead atoms. The van der Waals surface area contributed by atoms with Gasteiger partial charge in [-0.15, -0.1) is 0 Å². The summed E-state index contributed by atoms with van der Waals surface area (Å²) in [5.74, 6) is 0.152. The molecule has 2 atom stereocenters. The van der Waals surface area contributed by atoms with E-state index < -0.39 is 0 Å². The van der Waals surface area contributed by atoms with Crippen LogP contribution in [-0.2, 0) is 9.59 Å². The van der Waals surface area contributed by atoms with Crippen LogP contribution in [0.1, 0.15) is 38.8 Å². The van der Waals surface area contributed by atoms with E-state index in [1.807, 2.05) is 49.1 Å². The van der Waals surface area contributed by atoms with Crippen LogP contribution in [0.2, 0.25) is 0 Å². The standard InChI is InChI=1S/C18H27N3O2/c1-14(17-8-5-4-6-9-17)19-18(23)15(2)20-10-7-11-21(13-12-20)16(3)22/h4-6,8-9,14-15H,7,10-13H2,1-3H3,(H,19,23). The summed E-state index contributed by atoms with van der Waals surface area (Å²) in [6.45, 7) is 8.61. The highest BCUT2D eigenvalue weighted by molar-refractivity contribution is 5.81. The first kappa shape index (κ1) is 17.5. The summed E-state index contributed by atoms with van der Waals surface area (Å²) in [5.41, 5.74) is 1.10. The first-order valence-electron chi connectivity index (χ1n) is 8.34. The Bertz CT molecular complexity index is 532. The molecular formula is C18H27N3O2. The van der Waals surface area contributed by atoms with E-state index in [9.17, 15) is 9.59 Å². The highest BCUT2D eigenvalue weighted by Gasteiger charge is 2.25. The Morgan fingerprint density at radius 1 is 1.04 bits per heavy atom. The number of nitrogens with zero attached hydrogens (tertiary/aromatic N) is 2. The van der Waals surface area contributed by atoms with Gasteiger partial charge in [0.15, 0.2) is 0 Å². The lowest BCUT2D eigenvalue weighted by molar-refractivity contribution is -0.128.